The van der Waals surface area contributed by atoms with Crippen LogP contribution in [0.25, 0.3) is 0 Å². The SMILES string of the molecule is O=C(COc1ccc(Br)cc1Cl)N1C[C@@H](O)[C@@H](O)C1. The molecule has 1 heterocycles. The van der Waals surface area contributed by atoms with Gasteiger partial charge in [0.15, 0.2) is 6.61 Å². The van der Waals surface area contributed by atoms with Gasteiger partial charge in [0.1, 0.15) is 5.75 Å². The van der Waals surface area contributed by atoms with Crippen molar-refractivity contribution in [2.24, 2.45) is 0 Å². The van der Waals surface area contributed by atoms with Gasteiger partial charge in [-0.25, -0.2) is 0 Å². The molecule has 0 aromatic heterocycles. The fourth-order valence-electron chi connectivity index (χ4n) is 1.80. The highest BCUT2D eigenvalue weighted by Gasteiger charge is 2.32. The number of halogens is 2. The van der Waals surface area contributed by atoms with Crippen LogP contribution in [0.3, 0.4) is 0 Å². The molecule has 1 fully saturated rings. The highest BCUT2D eigenvalue weighted by molar-refractivity contribution is 9.10. The van der Waals surface area contributed by atoms with Crippen molar-refractivity contribution in [1.29, 1.82) is 0 Å². The van der Waals surface area contributed by atoms with Crippen LogP contribution in [-0.4, -0.2) is 52.9 Å². The van der Waals surface area contributed by atoms with E-state index in [1.165, 1.54) is 4.90 Å². The summed E-state index contributed by atoms with van der Waals surface area (Å²) in [7, 11) is 0. The number of likely N-dealkylation sites (tertiary alicyclic amines) is 1. The van der Waals surface area contributed by atoms with Crippen molar-refractivity contribution in [2.45, 2.75) is 12.2 Å². The Labute approximate surface area is 123 Å². The van der Waals surface area contributed by atoms with Crippen molar-refractivity contribution < 1.29 is 19.7 Å². The zero-order chi connectivity index (χ0) is 14.0. The predicted octanol–water partition coefficient (Wildman–Crippen LogP) is 1.05. The molecule has 0 saturated carbocycles. The number of aliphatic hydroxyl groups is 2. The Morgan fingerprint density at radius 1 is 1.42 bits per heavy atom. The number of nitrogens with zero attached hydrogens (tertiary/aromatic N) is 1. The smallest absolute Gasteiger partial charge is 0.260 e. The maximum atomic E-state index is 11.8. The van der Waals surface area contributed by atoms with Gasteiger partial charge in [0.05, 0.1) is 17.2 Å². The lowest BCUT2D eigenvalue weighted by Crippen LogP contribution is -2.34. The standard InChI is InChI=1S/C12H13BrClNO4/c13-7-1-2-11(8(14)3-7)19-6-12(18)15-4-9(16)10(17)5-15/h1-3,9-10,16-17H,4-6H2/t9-,10+. The van der Waals surface area contributed by atoms with E-state index in [0.717, 1.165) is 4.47 Å². The van der Waals surface area contributed by atoms with Crippen LogP contribution < -0.4 is 4.74 Å². The van der Waals surface area contributed by atoms with Crippen LogP contribution in [0.2, 0.25) is 5.02 Å². The Kier molecular flexibility index (Phi) is 4.67. The molecule has 1 aromatic carbocycles. The first-order valence-corrected chi connectivity index (χ1v) is 6.86. The molecule has 0 bridgehead atoms. The molecule has 104 valence electrons. The number of carbonyl (C=O) groups is 1. The quantitative estimate of drug-likeness (QED) is 0.855. The third-order valence-electron chi connectivity index (χ3n) is 2.86. The summed E-state index contributed by atoms with van der Waals surface area (Å²) in [6.07, 6.45) is -1.78. The lowest BCUT2D eigenvalue weighted by atomic mass is 10.3. The molecule has 2 atom stereocenters. The van der Waals surface area contributed by atoms with E-state index in [9.17, 15) is 15.0 Å². The summed E-state index contributed by atoms with van der Waals surface area (Å²) < 4.78 is 6.15. The largest absolute Gasteiger partial charge is 0.482 e. The Morgan fingerprint density at radius 2 is 2.05 bits per heavy atom. The topological polar surface area (TPSA) is 70.0 Å². The van der Waals surface area contributed by atoms with E-state index in [0.29, 0.717) is 10.8 Å². The molecule has 2 N–H and O–H groups in total. The van der Waals surface area contributed by atoms with Gasteiger partial charge in [-0.15, -0.1) is 0 Å². The number of carbonyl (C=O) groups excluding carboxylic acids is 1. The molecular formula is C12H13BrClNO4. The van der Waals surface area contributed by atoms with Crippen molar-refractivity contribution in [1.82, 2.24) is 4.90 Å². The van der Waals surface area contributed by atoms with Crippen molar-refractivity contribution in [2.75, 3.05) is 19.7 Å². The summed E-state index contributed by atoms with van der Waals surface area (Å²) in [5.41, 5.74) is 0. The van der Waals surface area contributed by atoms with Gasteiger partial charge in [0, 0.05) is 17.6 Å². The maximum absolute atomic E-state index is 11.8. The third-order valence-corrected chi connectivity index (χ3v) is 3.65. The molecule has 1 aromatic rings. The Morgan fingerprint density at radius 3 is 2.63 bits per heavy atom. The summed E-state index contributed by atoms with van der Waals surface area (Å²) in [4.78, 5) is 13.2. The molecule has 19 heavy (non-hydrogen) atoms. The van der Waals surface area contributed by atoms with Crippen LogP contribution in [0, 0.1) is 0 Å². The maximum Gasteiger partial charge on any atom is 0.260 e. The Balaban J connectivity index is 1.90. The zero-order valence-electron chi connectivity index (χ0n) is 9.92. The van der Waals surface area contributed by atoms with Crippen molar-refractivity contribution in [3.05, 3.63) is 27.7 Å². The number of rotatable bonds is 3. The minimum Gasteiger partial charge on any atom is -0.482 e. The van der Waals surface area contributed by atoms with Gasteiger partial charge in [-0.1, -0.05) is 27.5 Å². The van der Waals surface area contributed by atoms with Gasteiger partial charge in [-0.3, -0.25) is 4.79 Å². The predicted molar refractivity (Wildman–Crippen MR) is 73.2 cm³/mol. The molecule has 1 aliphatic heterocycles. The molecule has 0 unspecified atom stereocenters. The molecule has 7 heteroatoms. The van der Waals surface area contributed by atoms with Crippen molar-refractivity contribution in [3.63, 3.8) is 0 Å². The van der Waals surface area contributed by atoms with Crippen molar-refractivity contribution in [3.8, 4) is 5.75 Å². The minimum absolute atomic E-state index is 0.122. The molecule has 0 aliphatic carbocycles. The number of β-amino-alcohol motifs (C(OH)–C–C–N with tert-alkyl or cyclic N) is 2. The van der Waals surface area contributed by atoms with Crippen LogP contribution in [0.15, 0.2) is 22.7 Å². The second kappa shape index (κ2) is 6.09. The van der Waals surface area contributed by atoms with Gasteiger partial charge in [0.25, 0.3) is 5.91 Å². The fourth-order valence-corrected chi connectivity index (χ4v) is 2.52. The lowest BCUT2D eigenvalue weighted by Gasteiger charge is -2.16. The molecule has 1 aliphatic rings. The molecule has 2 rings (SSSR count). The Hall–Kier alpha value is -0.820. The molecular weight excluding hydrogens is 337 g/mol. The zero-order valence-corrected chi connectivity index (χ0v) is 12.3. The van der Waals surface area contributed by atoms with Gasteiger partial charge in [-0.2, -0.15) is 0 Å². The lowest BCUT2D eigenvalue weighted by molar-refractivity contribution is -0.132. The second-order valence-corrected chi connectivity index (χ2v) is 5.62. The normalized spacial score (nSPS) is 22.6. The number of benzene rings is 1. The van der Waals surface area contributed by atoms with Gasteiger partial charge in [0.2, 0.25) is 0 Å². The number of amides is 1. The van der Waals surface area contributed by atoms with E-state index in [-0.39, 0.29) is 25.6 Å². The van der Waals surface area contributed by atoms with Crippen LogP contribution in [0.1, 0.15) is 0 Å². The van der Waals surface area contributed by atoms with Crippen LogP contribution in [0.5, 0.6) is 5.75 Å². The number of aliphatic hydroxyl groups excluding tert-OH is 2. The summed E-state index contributed by atoms with van der Waals surface area (Å²) in [6.45, 7) is 0.0651. The van der Waals surface area contributed by atoms with E-state index < -0.39 is 12.2 Å². The third kappa shape index (κ3) is 3.60. The van der Waals surface area contributed by atoms with E-state index in [1.807, 2.05) is 0 Å². The van der Waals surface area contributed by atoms with Gasteiger partial charge < -0.3 is 19.8 Å². The molecule has 0 spiro atoms. The van der Waals surface area contributed by atoms with Crippen LogP contribution in [-0.2, 0) is 4.79 Å². The van der Waals surface area contributed by atoms with E-state index in [2.05, 4.69) is 15.9 Å². The first-order valence-electron chi connectivity index (χ1n) is 5.69. The highest BCUT2D eigenvalue weighted by Crippen LogP contribution is 2.27. The molecule has 5 nitrogen and oxygen atoms in total. The first-order chi connectivity index (χ1) is 8.97. The average molecular weight is 351 g/mol. The van der Waals surface area contributed by atoms with Crippen molar-refractivity contribution >= 4 is 33.4 Å². The summed E-state index contributed by atoms with van der Waals surface area (Å²) in [5, 5.41) is 19.1. The highest BCUT2D eigenvalue weighted by atomic mass is 79.9. The minimum atomic E-state index is -0.889. The molecule has 1 amide bonds. The van der Waals surface area contributed by atoms with Crippen LogP contribution in [0.4, 0.5) is 0 Å². The second-order valence-electron chi connectivity index (χ2n) is 4.30. The van der Waals surface area contributed by atoms with E-state index in [4.69, 9.17) is 16.3 Å². The average Bonchev–Trinajstić information content (AvgIpc) is 2.68. The molecule has 0 radical (unpaired) electrons. The summed E-state index contributed by atoms with van der Waals surface area (Å²) >= 11 is 9.23. The van der Waals surface area contributed by atoms with Gasteiger partial charge in [-0.05, 0) is 18.2 Å². The number of hydrogen-bond donors (Lipinski definition) is 2. The number of hydrogen-bond acceptors (Lipinski definition) is 4. The van der Waals surface area contributed by atoms with E-state index in [1.54, 1.807) is 18.2 Å². The van der Waals surface area contributed by atoms with Gasteiger partial charge >= 0.3 is 0 Å². The fraction of sp³-hybridized carbons (Fsp3) is 0.417. The van der Waals surface area contributed by atoms with Crippen LogP contribution >= 0.6 is 27.5 Å². The Bertz CT molecular complexity index is 475. The summed E-state index contributed by atoms with van der Waals surface area (Å²) in [5.74, 6) is 0.119. The van der Waals surface area contributed by atoms with E-state index >= 15 is 0 Å². The number of ether oxygens (including phenoxy) is 1. The molecule has 1 saturated heterocycles. The monoisotopic (exact) mass is 349 g/mol. The first kappa shape index (κ1) is 14.6. The summed E-state index contributed by atoms with van der Waals surface area (Å²) in [6, 6.07) is 5.09.